The van der Waals surface area contributed by atoms with Crippen LogP contribution in [0.4, 0.5) is 0 Å². The van der Waals surface area contributed by atoms with Gasteiger partial charge in [-0.15, -0.1) is 0 Å². The van der Waals surface area contributed by atoms with Crippen molar-refractivity contribution in [1.82, 2.24) is 0 Å². The van der Waals surface area contributed by atoms with Crippen molar-refractivity contribution in [2.24, 2.45) is 17.8 Å². The van der Waals surface area contributed by atoms with Gasteiger partial charge in [0.1, 0.15) is 0 Å². The summed E-state index contributed by atoms with van der Waals surface area (Å²) < 4.78 is 0. The Balaban J connectivity index is 1.70. The van der Waals surface area contributed by atoms with Crippen LogP contribution in [-0.2, 0) is 0 Å². The van der Waals surface area contributed by atoms with Gasteiger partial charge in [0.05, 0.1) is 0 Å². The van der Waals surface area contributed by atoms with E-state index in [1.807, 2.05) is 0 Å². The minimum absolute atomic E-state index is 0.703. The maximum atomic E-state index is 4.62. The molecule has 104 valence electrons. The van der Waals surface area contributed by atoms with Crippen molar-refractivity contribution in [2.45, 2.75) is 76.4 Å². The summed E-state index contributed by atoms with van der Waals surface area (Å²) in [6.45, 7) is 2.26. The standard InChI is InChI=1S/C17H30S/c1-2-3-4-5-14-6-8-15(9-7-14)16-10-12-17(18)13-11-16/h4-5,14-18H,2-3,6-13H2,1H3/b5-4+. The molecular weight excluding hydrogens is 236 g/mol. The average molecular weight is 266 g/mol. The van der Waals surface area contributed by atoms with E-state index >= 15 is 0 Å². The molecule has 0 aromatic rings. The summed E-state index contributed by atoms with van der Waals surface area (Å²) in [5.74, 6) is 2.98. The van der Waals surface area contributed by atoms with Crippen molar-refractivity contribution in [3.63, 3.8) is 0 Å². The summed E-state index contributed by atoms with van der Waals surface area (Å²) in [5.41, 5.74) is 0. The molecular formula is C17H30S. The lowest BCUT2D eigenvalue weighted by Gasteiger charge is -2.36. The highest BCUT2D eigenvalue weighted by Gasteiger charge is 2.29. The number of hydrogen-bond donors (Lipinski definition) is 1. The predicted molar refractivity (Wildman–Crippen MR) is 84.2 cm³/mol. The summed E-state index contributed by atoms with van der Waals surface area (Å²) in [4.78, 5) is 0. The Bertz CT molecular complexity index is 242. The molecule has 2 aliphatic carbocycles. The predicted octanol–water partition coefficient (Wildman–Crippen LogP) is 5.64. The average Bonchev–Trinajstić information content (AvgIpc) is 2.41. The van der Waals surface area contributed by atoms with E-state index in [1.165, 1.54) is 64.2 Å². The molecule has 1 heteroatoms. The normalized spacial score (nSPS) is 38.1. The molecule has 0 aliphatic heterocycles. The van der Waals surface area contributed by atoms with Gasteiger partial charge in [-0.1, -0.05) is 25.5 Å². The zero-order chi connectivity index (χ0) is 12.8. The minimum atomic E-state index is 0.703. The first-order chi connectivity index (χ1) is 8.79. The third-order valence-corrected chi connectivity index (χ3v) is 5.60. The molecule has 18 heavy (non-hydrogen) atoms. The van der Waals surface area contributed by atoms with Gasteiger partial charge in [0.25, 0.3) is 0 Å². The van der Waals surface area contributed by atoms with Crippen LogP contribution in [0.15, 0.2) is 12.2 Å². The van der Waals surface area contributed by atoms with Gasteiger partial charge in [-0.3, -0.25) is 0 Å². The SMILES string of the molecule is CCC/C=C/C1CCC(C2CCC(S)CC2)CC1. The number of hydrogen-bond acceptors (Lipinski definition) is 1. The molecule has 0 amide bonds. The molecule has 0 nitrogen and oxygen atoms in total. The highest BCUT2D eigenvalue weighted by Crippen LogP contribution is 2.41. The number of unbranched alkanes of at least 4 members (excludes halogenated alkanes) is 1. The van der Waals surface area contributed by atoms with Crippen LogP contribution in [0.2, 0.25) is 0 Å². The molecule has 0 N–H and O–H groups in total. The number of rotatable bonds is 4. The summed E-state index contributed by atoms with van der Waals surface area (Å²) in [6, 6.07) is 0. The van der Waals surface area contributed by atoms with Gasteiger partial charge < -0.3 is 0 Å². The van der Waals surface area contributed by atoms with Crippen molar-refractivity contribution >= 4 is 12.6 Å². The summed E-state index contributed by atoms with van der Waals surface area (Å²) in [5, 5.41) is 0.703. The minimum Gasteiger partial charge on any atom is -0.176 e. The lowest BCUT2D eigenvalue weighted by molar-refractivity contribution is 0.182. The third-order valence-electron chi connectivity index (χ3n) is 5.09. The first-order valence-electron chi connectivity index (χ1n) is 8.14. The van der Waals surface area contributed by atoms with E-state index in [1.54, 1.807) is 0 Å². The zero-order valence-corrected chi connectivity index (χ0v) is 12.9. The van der Waals surface area contributed by atoms with E-state index in [2.05, 4.69) is 31.7 Å². The van der Waals surface area contributed by atoms with Crippen molar-refractivity contribution in [2.75, 3.05) is 0 Å². The fourth-order valence-electron chi connectivity index (χ4n) is 3.84. The fraction of sp³-hybridized carbons (Fsp3) is 0.882. The molecule has 0 heterocycles. The first-order valence-corrected chi connectivity index (χ1v) is 8.66. The van der Waals surface area contributed by atoms with Gasteiger partial charge in [-0.2, -0.15) is 12.6 Å². The van der Waals surface area contributed by atoms with Gasteiger partial charge in [-0.25, -0.2) is 0 Å². The van der Waals surface area contributed by atoms with E-state index in [0.29, 0.717) is 5.25 Å². The lowest BCUT2D eigenvalue weighted by Crippen LogP contribution is -2.25. The van der Waals surface area contributed by atoms with E-state index < -0.39 is 0 Å². The van der Waals surface area contributed by atoms with Gasteiger partial charge in [0.2, 0.25) is 0 Å². The topological polar surface area (TPSA) is 0 Å². The van der Waals surface area contributed by atoms with Crippen LogP contribution in [0.3, 0.4) is 0 Å². The smallest absolute Gasteiger partial charge is 0.00170 e. The van der Waals surface area contributed by atoms with Crippen LogP contribution in [0.5, 0.6) is 0 Å². The van der Waals surface area contributed by atoms with Crippen LogP contribution in [0.1, 0.15) is 71.1 Å². The van der Waals surface area contributed by atoms with Crippen LogP contribution in [0.25, 0.3) is 0 Å². The van der Waals surface area contributed by atoms with Gasteiger partial charge in [0, 0.05) is 5.25 Å². The molecule has 2 rings (SSSR count). The molecule has 0 unspecified atom stereocenters. The molecule has 0 saturated heterocycles. The highest BCUT2D eigenvalue weighted by atomic mass is 32.1. The Morgan fingerprint density at radius 1 is 0.889 bits per heavy atom. The molecule has 0 atom stereocenters. The van der Waals surface area contributed by atoms with Crippen LogP contribution in [-0.4, -0.2) is 5.25 Å². The second kappa shape index (κ2) is 7.62. The van der Waals surface area contributed by atoms with E-state index in [9.17, 15) is 0 Å². The highest BCUT2D eigenvalue weighted by molar-refractivity contribution is 7.80. The number of thiol groups is 1. The molecule has 0 aromatic carbocycles. The molecule has 2 fully saturated rings. The molecule has 2 saturated carbocycles. The second-order valence-electron chi connectivity index (χ2n) is 6.46. The van der Waals surface area contributed by atoms with Crippen LogP contribution in [0, 0.1) is 17.8 Å². The maximum absolute atomic E-state index is 4.62. The fourth-order valence-corrected chi connectivity index (χ4v) is 4.14. The van der Waals surface area contributed by atoms with Gasteiger partial charge in [0.15, 0.2) is 0 Å². The second-order valence-corrected chi connectivity index (χ2v) is 7.19. The Hall–Kier alpha value is 0.0900. The Labute approximate surface area is 119 Å². The summed E-state index contributed by atoms with van der Waals surface area (Å²) >= 11 is 4.62. The van der Waals surface area contributed by atoms with Crippen molar-refractivity contribution < 1.29 is 0 Å². The first kappa shape index (κ1) is 14.5. The van der Waals surface area contributed by atoms with E-state index in [0.717, 1.165) is 17.8 Å². The molecule has 0 aromatic heterocycles. The Kier molecular flexibility index (Phi) is 6.14. The lowest BCUT2D eigenvalue weighted by atomic mass is 9.71. The van der Waals surface area contributed by atoms with Crippen molar-refractivity contribution in [3.05, 3.63) is 12.2 Å². The largest absolute Gasteiger partial charge is 0.176 e. The third kappa shape index (κ3) is 4.33. The quantitative estimate of drug-likeness (QED) is 0.494. The van der Waals surface area contributed by atoms with Crippen LogP contribution >= 0.6 is 12.6 Å². The molecule has 2 aliphatic rings. The Morgan fingerprint density at radius 2 is 1.44 bits per heavy atom. The summed E-state index contributed by atoms with van der Waals surface area (Å²) in [7, 11) is 0. The van der Waals surface area contributed by atoms with E-state index in [4.69, 9.17) is 0 Å². The van der Waals surface area contributed by atoms with Gasteiger partial charge in [-0.05, 0) is 75.5 Å². The monoisotopic (exact) mass is 266 g/mol. The Morgan fingerprint density at radius 3 is 2.00 bits per heavy atom. The van der Waals surface area contributed by atoms with Crippen molar-refractivity contribution in [3.8, 4) is 0 Å². The molecule has 0 radical (unpaired) electrons. The molecule has 0 spiro atoms. The molecule has 0 bridgehead atoms. The maximum Gasteiger partial charge on any atom is 0.00170 e. The number of allylic oxidation sites excluding steroid dienone is 2. The summed E-state index contributed by atoms with van der Waals surface area (Å²) in [6.07, 6.45) is 19.0. The zero-order valence-electron chi connectivity index (χ0n) is 12.0. The van der Waals surface area contributed by atoms with Crippen LogP contribution < -0.4 is 0 Å². The van der Waals surface area contributed by atoms with E-state index in [-0.39, 0.29) is 0 Å². The van der Waals surface area contributed by atoms with Crippen molar-refractivity contribution in [1.29, 1.82) is 0 Å². The van der Waals surface area contributed by atoms with Gasteiger partial charge >= 0.3 is 0 Å².